The number of carbonyl (C=O) groups is 2. The molecule has 0 spiro atoms. The summed E-state index contributed by atoms with van der Waals surface area (Å²) < 4.78 is 3.48. The fraction of sp³-hybridized carbons (Fsp3) is 0.429. The van der Waals surface area contributed by atoms with Gasteiger partial charge in [0.15, 0.2) is 11.4 Å². The predicted octanol–water partition coefficient (Wildman–Crippen LogP) is 2.59. The van der Waals surface area contributed by atoms with Crippen LogP contribution < -0.4 is 5.32 Å². The topological polar surface area (TPSA) is 131 Å². The molecule has 0 aromatic carbocycles. The van der Waals surface area contributed by atoms with Crippen molar-refractivity contribution >= 4 is 23.2 Å². The number of piperidine rings is 1. The molecule has 1 amide bonds. The van der Waals surface area contributed by atoms with Gasteiger partial charge in [0.1, 0.15) is 18.1 Å². The molecule has 4 aromatic heterocycles. The van der Waals surface area contributed by atoms with Crippen LogP contribution in [-0.4, -0.2) is 76.3 Å². The number of nitrogens with zero attached hydrogens (tertiary/aromatic N) is 7. The van der Waals surface area contributed by atoms with E-state index in [9.17, 15) is 14.7 Å². The van der Waals surface area contributed by atoms with E-state index in [1.54, 1.807) is 21.6 Å². The molecule has 3 aliphatic heterocycles. The largest absolute Gasteiger partial charge is 0.387 e. The Bertz CT molecular complexity index is 1610. The summed E-state index contributed by atoms with van der Waals surface area (Å²) in [6.07, 6.45) is 9.06. The summed E-state index contributed by atoms with van der Waals surface area (Å²) in [5.41, 5.74) is 4.93. The van der Waals surface area contributed by atoms with Gasteiger partial charge in [0.05, 0.1) is 23.1 Å². The number of aliphatic hydroxyl groups excluding tert-OH is 1. The normalized spacial score (nSPS) is 24.2. The van der Waals surface area contributed by atoms with Crippen LogP contribution in [0.15, 0.2) is 36.8 Å². The third-order valence-electron chi connectivity index (χ3n) is 8.61. The molecule has 2 unspecified atom stereocenters. The Morgan fingerprint density at radius 1 is 1.15 bits per heavy atom. The number of amides is 1. The standard InChI is InChI=1S/C28H30N8O3/c1-28(11-17-4-5-18(12-28)35(17)23(39)15-37)25-24-22(38)7-9-29-27(24)36-26(32-25)19(14-31-36)16-3-6-20(30-13-16)21-8-10-34(2)33-21/h3,6,8,10,13-14,17-18,29,37H,4-5,7,9,11-12,15H2,1-2H3. The SMILES string of the molecule is Cn1ccc(-c2ccc(-c3cnn4c5c(c(C6(C)CC7CCC(C6)N7C(=O)CO)nc34)C(=O)CCN5)cn2)n1. The van der Waals surface area contributed by atoms with Crippen LogP contribution in [0.2, 0.25) is 0 Å². The maximum Gasteiger partial charge on any atom is 0.248 e. The Balaban J connectivity index is 1.34. The predicted molar refractivity (Wildman–Crippen MR) is 143 cm³/mol. The van der Waals surface area contributed by atoms with E-state index in [4.69, 9.17) is 4.98 Å². The molecule has 2 N–H and O–H groups in total. The Labute approximate surface area is 224 Å². The highest BCUT2D eigenvalue weighted by molar-refractivity contribution is 6.04. The highest BCUT2D eigenvalue weighted by Gasteiger charge is 2.50. The molecule has 7 heterocycles. The summed E-state index contributed by atoms with van der Waals surface area (Å²) in [4.78, 5) is 37.5. The van der Waals surface area contributed by atoms with Crippen LogP contribution >= 0.6 is 0 Å². The summed E-state index contributed by atoms with van der Waals surface area (Å²) in [5.74, 6) is 0.527. The minimum absolute atomic E-state index is 0.0291. The molecule has 11 nitrogen and oxygen atoms in total. The second-order valence-corrected chi connectivity index (χ2v) is 11.2. The second-order valence-electron chi connectivity index (χ2n) is 11.2. The molecule has 0 saturated carbocycles. The number of carbonyl (C=O) groups excluding carboxylic acids is 2. The first kappa shape index (κ1) is 24.0. The van der Waals surface area contributed by atoms with Gasteiger partial charge < -0.3 is 15.3 Å². The number of aromatic nitrogens is 6. The highest BCUT2D eigenvalue weighted by atomic mass is 16.3. The van der Waals surface area contributed by atoms with Gasteiger partial charge in [0.2, 0.25) is 5.91 Å². The smallest absolute Gasteiger partial charge is 0.248 e. The van der Waals surface area contributed by atoms with Crippen molar-refractivity contribution < 1.29 is 14.7 Å². The molecular weight excluding hydrogens is 496 g/mol. The first-order valence-electron chi connectivity index (χ1n) is 13.4. The van der Waals surface area contributed by atoms with E-state index in [0.29, 0.717) is 42.8 Å². The van der Waals surface area contributed by atoms with Gasteiger partial charge in [0.25, 0.3) is 0 Å². The third-order valence-corrected chi connectivity index (χ3v) is 8.61. The van der Waals surface area contributed by atoms with Crippen molar-refractivity contribution in [2.45, 2.75) is 56.5 Å². The van der Waals surface area contributed by atoms with Crippen LogP contribution in [0.3, 0.4) is 0 Å². The molecule has 2 fully saturated rings. The lowest BCUT2D eigenvalue weighted by Gasteiger charge is -2.45. The van der Waals surface area contributed by atoms with Crippen molar-refractivity contribution in [2.75, 3.05) is 18.5 Å². The number of rotatable bonds is 4. The van der Waals surface area contributed by atoms with Crippen LogP contribution in [0.5, 0.6) is 0 Å². The van der Waals surface area contributed by atoms with Crippen molar-refractivity contribution in [3.8, 4) is 22.5 Å². The van der Waals surface area contributed by atoms with Gasteiger partial charge in [-0.3, -0.25) is 19.3 Å². The molecule has 7 rings (SSSR count). The summed E-state index contributed by atoms with van der Waals surface area (Å²) in [5, 5.41) is 22.0. The number of aliphatic hydroxyl groups is 1. The summed E-state index contributed by atoms with van der Waals surface area (Å²) in [7, 11) is 1.87. The lowest BCUT2D eigenvalue weighted by molar-refractivity contribution is -0.139. The zero-order valence-corrected chi connectivity index (χ0v) is 22.0. The Kier molecular flexibility index (Phi) is 5.35. The van der Waals surface area contributed by atoms with E-state index in [1.807, 2.05) is 36.3 Å². The van der Waals surface area contributed by atoms with Crippen molar-refractivity contribution in [1.82, 2.24) is 34.3 Å². The monoisotopic (exact) mass is 526 g/mol. The third kappa shape index (κ3) is 3.67. The van der Waals surface area contributed by atoms with Gasteiger partial charge in [-0.25, -0.2) is 4.98 Å². The molecule has 0 aliphatic carbocycles. The van der Waals surface area contributed by atoms with Gasteiger partial charge in [-0.15, -0.1) is 0 Å². The first-order valence-corrected chi connectivity index (χ1v) is 13.4. The minimum Gasteiger partial charge on any atom is -0.387 e. The lowest BCUT2D eigenvalue weighted by atomic mass is 9.71. The van der Waals surface area contributed by atoms with Crippen LogP contribution in [-0.2, 0) is 17.3 Å². The molecule has 11 heteroatoms. The molecular formula is C28H30N8O3. The summed E-state index contributed by atoms with van der Waals surface area (Å²) in [6, 6.07) is 5.92. The average molecular weight is 527 g/mol. The summed E-state index contributed by atoms with van der Waals surface area (Å²) >= 11 is 0. The lowest BCUT2D eigenvalue weighted by Crippen LogP contribution is -2.52. The molecule has 2 atom stereocenters. The molecule has 2 saturated heterocycles. The quantitative estimate of drug-likeness (QED) is 0.415. The van der Waals surface area contributed by atoms with Gasteiger partial charge in [-0.1, -0.05) is 13.0 Å². The maximum absolute atomic E-state index is 13.3. The number of pyridine rings is 1. The van der Waals surface area contributed by atoms with Crippen LogP contribution in [0.25, 0.3) is 28.2 Å². The van der Waals surface area contributed by atoms with Crippen molar-refractivity contribution in [3.63, 3.8) is 0 Å². The number of anilines is 1. The second kappa shape index (κ2) is 8.70. The van der Waals surface area contributed by atoms with Gasteiger partial charge in [-0.2, -0.15) is 14.7 Å². The number of ketones is 1. The molecule has 3 aliphatic rings. The molecule has 4 aromatic rings. The zero-order valence-electron chi connectivity index (χ0n) is 22.0. The Morgan fingerprint density at radius 2 is 1.95 bits per heavy atom. The van der Waals surface area contributed by atoms with E-state index in [0.717, 1.165) is 41.1 Å². The number of hydrogen-bond donors (Lipinski definition) is 2. The van der Waals surface area contributed by atoms with Crippen molar-refractivity contribution in [3.05, 3.63) is 48.0 Å². The number of hydrogen-bond acceptors (Lipinski definition) is 8. The maximum atomic E-state index is 13.3. The van der Waals surface area contributed by atoms with E-state index in [-0.39, 0.29) is 23.8 Å². The van der Waals surface area contributed by atoms with Crippen molar-refractivity contribution in [2.24, 2.45) is 7.05 Å². The van der Waals surface area contributed by atoms with Crippen LogP contribution in [0, 0.1) is 0 Å². The highest BCUT2D eigenvalue weighted by Crippen LogP contribution is 2.49. The van der Waals surface area contributed by atoms with E-state index >= 15 is 0 Å². The van der Waals surface area contributed by atoms with Crippen molar-refractivity contribution in [1.29, 1.82) is 0 Å². The molecule has 2 bridgehead atoms. The fourth-order valence-corrected chi connectivity index (χ4v) is 6.90. The summed E-state index contributed by atoms with van der Waals surface area (Å²) in [6.45, 7) is 2.23. The van der Waals surface area contributed by atoms with Gasteiger partial charge in [-0.05, 0) is 37.8 Å². The Hall–Kier alpha value is -4.12. The zero-order chi connectivity index (χ0) is 26.9. The fourth-order valence-electron chi connectivity index (χ4n) is 6.90. The number of nitrogens with one attached hydrogen (secondary N) is 1. The Morgan fingerprint density at radius 3 is 2.62 bits per heavy atom. The number of fused-ring (bicyclic) bond motifs is 5. The van der Waals surface area contributed by atoms with Crippen LogP contribution in [0.1, 0.15) is 55.1 Å². The number of aryl methyl sites for hydroxylation is 1. The first-order chi connectivity index (χ1) is 18.9. The average Bonchev–Trinajstić information content (AvgIpc) is 3.64. The van der Waals surface area contributed by atoms with E-state index in [2.05, 4.69) is 27.4 Å². The van der Waals surface area contributed by atoms with E-state index < -0.39 is 12.0 Å². The number of Topliss-reactive ketones (excluding diaryl/α,β-unsaturated/α-hetero) is 1. The van der Waals surface area contributed by atoms with Gasteiger partial charge >= 0.3 is 0 Å². The van der Waals surface area contributed by atoms with E-state index in [1.165, 1.54) is 0 Å². The molecule has 200 valence electrons. The molecule has 39 heavy (non-hydrogen) atoms. The minimum atomic E-state index is -0.474. The van der Waals surface area contributed by atoms with Crippen LogP contribution in [0.4, 0.5) is 5.82 Å². The van der Waals surface area contributed by atoms with Gasteiger partial charge in [0, 0.05) is 61.0 Å². The molecule has 0 radical (unpaired) electrons.